The molecule has 0 saturated carbocycles. The fourth-order valence-corrected chi connectivity index (χ4v) is 2.75. The van der Waals surface area contributed by atoms with Gasteiger partial charge in [-0.05, 0) is 24.0 Å². The van der Waals surface area contributed by atoms with Gasteiger partial charge < -0.3 is 4.74 Å². The van der Waals surface area contributed by atoms with Crippen LogP contribution in [0.1, 0.15) is 37.2 Å². The van der Waals surface area contributed by atoms with Gasteiger partial charge in [-0.25, -0.2) is 0 Å². The number of hydrogen-bond acceptors (Lipinski definition) is 3. The van der Waals surface area contributed by atoms with E-state index in [1.807, 2.05) is 30.3 Å². The van der Waals surface area contributed by atoms with E-state index in [9.17, 15) is 9.59 Å². The van der Waals surface area contributed by atoms with Gasteiger partial charge in [-0.2, -0.15) is 0 Å². The third-order valence-electron chi connectivity index (χ3n) is 3.60. The minimum atomic E-state index is -0.294. The van der Waals surface area contributed by atoms with Gasteiger partial charge in [0.1, 0.15) is 0 Å². The Labute approximate surface area is 105 Å². The zero-order valence-corrected chi connectivity index (χ0v) is 10.0. The second-order valence-electron chi connectivity index (χ2n) is 4.77. The maximum atomic E-state index is 11.8. The van der Waals surface area contributed by atoms with Gasteiger partial charge in [-0.3, -0.25) is 9.59 Å². The predicted molar refractivity (Wildman–Crippen MR) is 65.8 cm³/mol. The average Bonchev–Trinajstić information content (AvgIpc) is 2.40. The van der Waals surface area contributed by atoms with Crippen LogP contribution in [0.3, 0.4) is 0 Å². The number of Topliss-reactive ketones (excluding diaryl/α,β-unsaturated/α-hetero) is 1. The molecule has 1 aliphatic heterocycles. The van der Waals surface area contributed by atoms with E-state index in [0.29, 0.717) is 18.6 Å². The first-order valence-electron chi connectivity index (χ1n) is 6.27. The monoisotopic (exact) mass is 242 g/mol. The average molecular weight is 242 g/mol. The van der Waals surface area contributed by atoms with Crippen molar-refractivity contribution in [1.29, 1.82) is 0 Å². The highest BCUT2D eigenvalue weighted by atomic mass is 16.5. The molecule has 3 rings (SSSR count). The summed E-state index contributed by atoms with van der Waals surface area (Å²) in [5.74, 6) is 0.0288. The van der Waals surface area contributed by atoms with Crippen molar-refractivity contribution in [1.82, 2.24) is 0 Å². The van der Waals surface area contributed by atoms with Gasteiger partial charge in [0.25, 0.3) is 0 Å². The lowest BCUT2D eigenvalue weighted by molar-refractivity contribution is -0.144. The Morgan fingerprint density at radius 2 is 1.83 bits per heavy atom. The van der Waals surface area contributed by atoms with Crippen LogP contribution in [-0.2, 0) is 14.3 Å². The molecule has 0 bridgehead atoms. The quantitative estimate of drug-likeness (QED) is 0.711. The highest BCUT2D eigenvalue weighted by molar-refractivity contribution is 5.98. The summed E-state index contributed by atoms with van der Waals surface area (Å²) in [6.45, 7) is 0. The van der Waals surface area contributed by atoms with Crippen LogP contribution in [-0.4, -0.2) is 11.8 Å². The lowest BCUT2D eigenvalue weighted by Crippen LogP contribution is -2.27. The van der Waals surface area contributed by atoms with Crippen molar-refractivity contribution in [3.05, 3.63) is 47.2 Å². The molecule has 0 radical (unpaired) electrons. The number of allylic oxidation sites excluding steroid dienone is 2. The molecule has 0 aromatic heterocycles. The maximum absolute atomic E-state index is 11.8. The molecule has 2 aliphatic rings. The number of ether oxygens (including phenoxy) is 1. The van der Waals surface area contributed by atoms with Crippen molar-refractivity contribution in [2.24, 2.45) is 0 Å². The summed E-state index contributed by atoms with van der Waals surface area (Å²) in [6, 6.07) is 9.88. The number of benzene rings is 1. The summed E-state index contributed by atoms with van der Waals surface area (Å²) >= 11 is 0. The number of esters is 1. The van der Waals surface area contributed by atoms with Crippen LogP contribution in [0.25, 0.3) is 0 Å². The molecule has 1 heterocycles. The van der Waals surface area contributed by atoms with Gasteiger partial charge in [0.15, 0.2) is 11.5 Å². The van der Waals surface area contributed by atoms with Crippen molar-refractivity contribution in [2.75, 3.05) is 0 Å². The Morgan fingerprint density at radius 1 is 1.06 bits per heavy atom. The number of carbonyl (C=O) groups is 2. The van der Waals surface area contributed by atoms with Crippen LogP contribution < -0.4 is 0 Å². The number of carbonyl (C=O) groups excluding carboxylic acids is 2. The third kappa shape index (κ3) is 1.86. The minimum Gasteiger partial charge on any atom is -0.423 e. The summed E-state index contributed by atoms with van der Waals surface area (Å²) in [5.41, 5.74) is 2.11. The molecule has 1 aromatic carbocycles. The first-order valence-corrected chi connectivity index (χ1v) is 6.27. The minimum absolute atomic E-state index is 0.0201. The fourth-order valence-electron chi connectivity index (χ4n) is 2.75. The van der Waals surface area contributed by atoms with Crippen molar-refractivity contribution < 1.29 is 14.3 Å². The molecule has 0 unspecified atom stereocenters. The Balaban J connectivity index is 2.06. The van der Waals surface area contributed by atoms with Crippen molar-refractivity contribution in [3.8, 4) is 0 Å². The number of rotatable bonds is 1. The van der Waals surface area contributed by atoms with E-state index in [1.165, 1.54) is 0 Å². The predicted octanol–water partition coefficient (Wildman–Crippen LogP) is 2.72. The van der Waals surface area contributed by atoms with E-state index in [4.69, 9.17) is 4.74 Å². The van der Waals surface area contributed by atoms with E-state index in [-0.39, 0.29) is 17.7 Å². The molecular formula is C15H14O3. The molecule has 3 heteroatoms. The molecule has 92 valence electrons. The number of hydrogen-bond donors (Lipinski definition) is 0. The van der Waals surface area contributed by atoms with Gasteiger partial charge in [0.2, 0.25) is 0 Å². The molecule has 1 aromatic rings. The van der Waals surface area contributed by atoms with Crippen LogP contribution in [0.15, 0.2) is 41.7 Å². The van der Waals surface area contributed by atoms with Gasteiger partial charge >= 0.3 is 5.97 Å². The molecule has 3 nitrogen and oxygen atoms in total. The van der Waals surface area contributed by atoms with E-state index in [1.54, 1.807) is 0 Å². The van der Waals surface area contributed by atoms with Gasteiger partial charge in [-0.15, -0.1) is 0 Å². The molecule has 1 atom stereocenters. The summed E-state index contributed by atoms with van der Waals surface area (Å²) in [4.78, 5) is 23.5. The summed E-state index contributed by atoms with van der Waals surface area (Å²) in [7, 11) is 0. The third-order valence-corrected chi connectivity index (χ3v) is 3.60. The van der Waals surface area contributed by atoms with Gasteiger partial charge in [0.05, 0.1) is 6.42 Å². The van der Waals surface area contributed by atoms with Crippen LogP contribution in [0, 0.1) is 0 Å². The highest BCUT2D eigenvalue weighted by Gasteiger charge is 2.35. The maximum Gasteiger partial charge on any atom is 0.312 e. The molecule has 0 amide bonds. The second-order valence-corrected chi connectivity index (χ2v) is 4.77. The molecule has 1 aliphatic carbocycles. The first kappa shape index (κ1) is 11.2. The van der Waals surface area contributed by atoms with Crippen molar-refractivity contribution in [3.63, 3.8) is 0 Å². The van der Waals surface area contributed by atoms with Crippen LogP contribution in [0.5, 0.6) is 0 Å². The Morgan fingerprint density at radius 3 is 2.61 bits per heavy atom. The molecule has 0 spiro atoms. The van der Waals surface area contributed by atoms with E-state index in [2.05, 4.69) is 0 Å². The fraction of sp³-hybridized carbons (Fsp3) is 0.333. The lowest BCUT2D eigenvalue weighted by Gasteiger charge is -2.29. The summed E-state index contributed by atoms with van der Waals surface area (Å²) in [6.07, 6.45) is 2.55. The molecular weight excluding hydrogens is 228 g/mol. The smallest absolute Gasteiger partial charge is 0.312 e. The molecule has 0 saturated heterocycles. The Kier molecular flexibility index (Phi) is 2.74. The Hall–Kier alpha value is -1.90. The zero-order chi connectivity index (χ0) is 12.5. The van der Waals surface area contributed by atoms with Crippen molar-refractivity contribution in [2.45, 2.75) is 31.6 Å². The lowest BCUT2D eigenvalue weighted by atomic mass is 9.80. The normalized spacial score (nSPS) is 23.7. The van der Waals surface area contributed by atoms with Crippen LogP contribution in [0.4, 0.5) is 0 Å². The Bertz CT molecular complexity index is 528. The topological polar surface area (TPSA) is 43.4 Å². The second kappa shape index (κ2) is 4.41. The van der Waals surface area contributed by atoms with E-state index >= 15 is 0 Å². The molecule has 0 fully saturated rings. The number of ketones is 1. The molecule has 0 N–H and O–H groups in total. The van der Waals surface area contributed by atoms with Crippen molar-refractivity contribution >= 4 is 11.8 Å². The van der Waals surface area contributed by atoms with Crippen LogP contribution >= 0.6 is 0 Å². The summed E-state index contributed by atoms with van der Waals surface area (Å²) in [5, 5.41) is 0. The largest absolute Gasteiger partial charge is 0.423 e. The SMILES string of the molecule is O=C1C[C@H](c2ccccc2)C2=C(O1)C(=O)CCC2. The van der Waals surface area contributed by atoms with Gasteiger partial charge in [0, 0.05) is 12.3 Å². The first-order chi connectivity index (χ1) is 8.75. The van der Waals surface area contributed by atoms with Gasteiger partial charge in [-0.1, -0.05) is 30.3 Å². The molecule has 18 heavy (non-hydrogen) atoms. The van der Waals surface area contributed by atoms with E-state index < -0.39 is 0 Å². The summed E-state index contributed by atoms with van der Waals surface area (Å²) < 4.78 is 5.15. The zero-order valence-electron chi connectivity index (χ0n) is 10.0. The van der Waals surface area contributed by atoms with E-state index in [0.717, 1.165) is 24.0 Å². The highest BCUT2D eigenvalue weighted by Crippen LogP contribution is 2.40. The standard InChI is InChI=1S/C15H14O3/c16-13-8-4-7-11-12(9-14(17)18-15(11)13)10-5-2-1-3-6-10/h1-3,5-6,12H,4,7-9H2/t12-/m1/s1. The van der Waals surface area contributed by atoms with Crippen LogP contribution in [0.2, 0.25) is 0 Å².